The van der Waals surface area contributed by atoms with Crippen molar-refractivity contribution in [1.29, 1.82) is 0 Å². The summed E-state index contributed by atoms with van der Waals surface area (Å²) in [6.45, 7) is 16.4. The second kappa shape index (κ2) is 11.9. The van der Waals surface area contributed by atoms with Crippen LogP contribution in [0.15, 0.2) is 24.3 Å². The normalized spacial score (nSPS) is 13.8. The van der Waals surface area contributed by atoms with Crippen LogP contribution in [0, 0.1) is 6.92 Å². The Bertz CT molecular complexity index is 470. The molecular formula is C23H44OSiSn. The Balaban J connectivity index is 3.36. The second-order valence-corrected chi connectivity index (χ2v) is 27.2. The summed E-state index contributed by atoms with van der Waals surface area (Å²) in [5.74, 6) is 0. The van der Waals surface area contributed by atoms with Gasteiger partial charge >= 0.3 is 170 Å². The van der Waals surface area contributed by atoms with Crippen LogP contribution < -0.4 is 0 Å². The minimum absolute atomic E-state index is 0.459. The number of rotatable bonds is 13. The molecule has 0 aliphatic heterocycles. The number of unbranched alkanes of at least 4 members (excludes halogenated alkanes) is 3. The molecule has 0 fully saturated rings. The van der Waals surface area contributed by atoms with E-state index >= 15 is 0 Å². The molecule has 1 nitrogen and oxygen atoms in total. The molecule has 1 atom stereocenters. The maximum absolute atomic E-state index is 7.05. The van der Waals surface area contributed by atoms with Crippen LogP contribution in [0.4, 0.5) is 0 Å². The first-order chi connectivity index (χ1) is 12.3. The van der Waals surface area contributed by atoms with Gasteiger partial charge in [0.2, 0.25) is 0 Å². The van der Waals surface area contributed by atoms with Crippen molar-refractivity contribution in [1.82, 2.24) is 0 Å². The summed E-state index contributed by atoms with van der Waals surface area (Å²) < 4.78 is 12.0. The van der Waals surface area contributed by atoms with Gasteiger partial charge in [-0.1, -0.05) is 0 Å². The van der Waals surface area contributed by atoms with Crippen molar-refractivity contribution in [2.45, 2.75) is 103 Å². The van der Waals surface area contributed by atoms with E-state index < -0.39 is 26.7 Å². The minimum atomic E-state index is -2.48. The number of benzene rings is 1. The summed E-state index contributed by atoms with van der Waals surface area (Å²) in [5, 5.41) is 0. The molecule has 1 rings (SSSR count). The van der Waals surface area contributed by atoms with Gasteiger partial charge in [0.25, 0.3) is 0 Å². The Labute approximate surface area is 169 Å². The first-order valence-corrected chi connectivity index (χ1v) is 22.1. The van der Waals surface area contributed by atoms with Crippen LogP contribution in [0.3, 0.4) is 0 Å². The molecule has 0 spiro atoms. The first kappa shape index (κ1) is 24.2. The molecule has 0 N–H and O–H groups in total. The number of hydrogen-bond donors (Lipinski definition) is 0. The van der Waals surface area contributed by atoms with E-state index in [0.29, 0.717) is 4.12 Å². The predicted octanol–water partition coefficient (Wildman–Crippen LogP) is 8.28. The second-order valence-electron chi connectivity index (χ2n) is 9.19. The van der Waals surface area contributed by atoms with Gasteiger partial charge in [-0.05, 0) is 0 Å². The molecule has 1 aromatic carbocycles. The van der Waals surface area contributed by atoms with Crippen LogP contribution in [0.25, 0.3) is 0 Å². The van der Waals surface area contributed by atoms with E-state index in [1.54, 1.807) is 0 Å². The predicted molar refractivity (Wildman–Crippen MR) is 123 cm³/mol. The van der Waals surface area contributed by atoms with Gasteiger partial charge in [-0.3, -0.25) is 0 Å². The molecule has 3 heteroatoms. The van der Waals surface area contributed by atoms with Crippen molar-refractivity contribution in [3.05, 3.63) is 35.4 Å². The van der Waals surface area contributed by atoms with Gasteiger partial charge in [-0.15, -0.1) is 0 Å². The molecule has 0 saturated heterocycles. The van der Waals surface area contributed by atoms with Gasteiger partial charge in [0.05, 0.1) is 0 Å². The quantitative estimate of drug-likeness (QED) is 0.257. The zero-order chi connectivity index (χ0) is 19.6. The van der Waals surface area contributed by atoms with E-state index in [2.05, 4.69) is 71.6 Å². The van der Waals surface area contributed by atoms with Crippen LogP contribution in [0.2, 0.25) is 33.0 Å². The summed E-state index contributed by atoms with van der Waals surface area (Å²) in [5.41, 5.74) is 2.86. The van der Waals surface area contributed by atoms with E-state index in [0.717, 1.165) is 0 Å². The molecule has 0 aliphatic rings. The topological polar surface area (TPSA) is 9.23 Å². The molecule has 0 radical (unpaired) electrons. The molecule has 1 aromatic rings. The molecule has 0 bridgehead atoms. The summed E-state index contributed by atoms with van der Waals surface area (Å²) in [7, 11) is -1.59. The fourth-order valence-corrected chi connectivity index (χ4v) is 26.3. The van der Waals surface area contributed by atoms with Crippen molar-refractivity contribution in [3.8, 4) is 0 Å². The van der Waals surface area contributed by atoms with Crippen molar-refractivity contribution in [3.63, 3.8) is 0 Å². The van der Waals surface area contributed by atoms with E-state index in [-0.39, 0.29) is 0 Å². The van der Waals surface area contributed by atoms with Gasteiger partial charge in [0.1, 0.15) is 0 Å². The molecular weight excluding hydrogens is 439 g/mol. The van der Waals surface area contributed by atoms with E-state index in [1.165, 1.54) is 63.0 Å². The SMILES string of the molecule is CCC[CH2][Sn]([CH2]CCC)([CH2]CCC)[CH](O[Si](C)(C)C)c1ccc(C)cc1. The van der Waals surface area contributed by atoms with Gasteiger partial charge in [-0.25, -0.2) is 0 Å². The van der Waals surface area contributed by atoms with Crippen LogP contribution >= 0.6 is 0 Å². The van der Waals surface area contributed by atoms with E-state index in [4.69, 9.17) is 4.43 Å². The summed E-state index contributed by atoms with van der Waals surface area (Å²) in [4.78, 5) is 0. The van der Waals surface area contributed by atoms with Crippen LogP contribution in [-0.4, -0.2) is 26.7 Å². The monoisotopic (exact) mass is 484 g/mol. The third-order valence-corrected chi connectivity index (χ3v) is 23.1. The Kier molecular flexibility index (Phi) is 11.1. The fraction of sp³-hybridized carbons (Fsp3) is 0.739. The summed E-state index contributed by atoms with van der Waals surface area (Å²) in [6.07, 6.45) is 8.18. The first-order valence-electron chi connectivity index (χ1n) is 11.0. The maximum atomic E-state index is 7.05. The van der Waals surface area contributed by atoms with Crippen molar-refractivity contribution in [2.75, 3.05) is 0 Å². The molecule has 0 heterocycles. The number of hydrogen-bond acceptors (Lipinski definition) is 1. The third-order valence-electron chi connectivity index (χ3n) is 5.49. The Morgan fingerprint density at radius 1 is 0.808 bits per heavy atom. The van der Waals surface area contributed by atoms with Crippen LogP contribution in [0.1, 0.15) is 74.5 Å². The van der Waals surface area contributed by atoms with Gasteiger partial charge in [0.15, 0.2) is 0 Å². The Morgan fingerprint density at radius 2 is 1.23 bits per heavy atom. The standard InChI is InChI=1S/C11H17OSi.3C4H9.Sn/c1-10-5-7-11(8-6-10)9-12-13(2,3)4;3*1-3-4-2;/h5-9H,1-4H3;3*1,3-4H2,2H3;. The summed E-state index contributed by atoms with van der Waals surface area (Å²) in [6, 6.07) is 9.36. The van der Waals surface area contributed by atoms with Gasteiger partial charge < -0.3 is 0 Å². The average Bonchev–Trinajstić information content (AvgIpc) is 2.60. The number of aryl methyl sites for hydroxylation is 1. The molecule has 0 aliphatic carbocycles. The third kappa shape index (κ3) is 8.06. The average molecular weight is 483 g/mol. The van der Waals surface area contributed by atoms with Crippen molar-refractivity contribution < 1.29 is 4.43 Å². The molecule has 1 unspecified atom stereocenters. The molecule has 0 saturated carbocycles. The van der Waals surface area contributed by atoms with Crippen LogP contribution in [-0.2, 0) is 4.43 Å². The summed E-state index contributed by atoms with van der Waals surface area (Å²) >= 11 is -2.48. The zero-order valence-corrected chi connectivity index (χ0v) is 22.5. The van der Waals surface area contributed by atoms with E-state index in [9.17, 15) is 0 Å². The van der Waals surface area contributed by atoms with Gasteiger partial charge in [-0.2, -0.15) is 0 Å². The Hall–Kier alpha value is 0.196. The Morgan fingerprint density at radius 3 is 1.58 bits per heavy atom. The van der Waals surface area contributed by atoms with Crippen molar-refractivity contribution in [2.24, 2.45) is 0 Å². The molecule has 26 heavy (non-hydrogen) atoms. The van der Waals surface area contributed by atoms with Crippen molar-refractivity contribution >= 4 is 26.7 Å². The van der Waals surface area contributed by atoms with Crippen LogP contribution in [0.5, 0.6) is 0 Å². The zero-order valence-electron chi connectivity index (χ0n) is 18.7. The molecule has 150 valence electrons. The molecule has 0 amide bonds. The fourth-order valence-electron chi connectivity index (χ4n) is 4.00. The molecule has 0 aromatic heterocycles. The van der Waals surface area contributed by atoms with Gasteiger partial charge in [0, 0.05) is 0 Å². The van der Waals surface area contributed by atoms with E-state index in [1.807, 2.05) is 0 Å².